The molecule has 3 aromatic rings. The maximum Gasteiger partial charge on any atom is 0.246 e. The first-order valence-electron chi connectivity index (χ1n) is 10.1. The number of anilines is 2. The highest BCUT2D eigenvalue weighted by Crippen LogP contribution is 2.30. The smallest absolute Gasteiger partial charge is 0.246 e. The lowest BCUT2D eigenvalue weighted by Gasteiger charge is -2.36. The molecule has 1 N–H and O–H groups in total. The Morgan fingerprint density at radius 1 is 1.13 bits per heavy atom. The van der Waals surface area contributed by atoms with Gasteiger partial charge in [0.1, 0.15) is 6.54 Å². The molecule has 1 fully saturated rings. The van der Waals surface area contributed by atoms with Crippen LogP contribution >= 0.6 is 11.6 Å². The first-order valence-corrected chi connectivity index (χ1v) is 10.4. The van der Waals surface area contributed by atoms with Crippen LogP contribution in [0.5, 0.6) is 0 Å². The number of likely N-dealkylation sites (N-methyl/N-ethyl adjacent to an activating group) is 1. The molecule has 1 aliphatic heterocycles. The van der Waals surface area contributed by atoms with Crippen molar-refractivity contribution in [2.24, 2.45) is 0 Å². The number of aromatic nitrogens is 2. The SMILES string of the molecule is CCN1CCN(c2ccc(Cl)cc2NC(=O)Cn2ncc(=O)c3ccccc32)CC1. The van der Waals surface area contributed by atoms with E-state index >= 15 is 0 Å². The fourth-order valence-electron chi connectivity index (χ4n) is 3.80. The van der Waals surface area contributed by atoms with E-state index in [0.717, 1.165) is 38.4 Å². The lowest BCUT2D eigenvalue weighted by molar-refractivity contribution is -0.116. The molecule has 156 valence electrons. The predicted molar refractivity (Wildman–Crippen MR) is 120 cm³/mol. The molecule has 0 unspecified atom stereocenters. The molecule has 2 aromatic carbocycles. The minimum absolute atomic E-state index is 0.00361. The van der Waals surface area contributed by atoms with Crippen molar-refractivity contribution < 1.29 is 4.79 Å². The van der Waals surface area contributed by atoms with Crippen LogP contribution in [0.1, 0.15) is 6.92 Å². The predicted octanol–water partition coefficient (Wildman–Crippen LogP) is 2.83. The lowest BCUT2D eigenvalue weighted by Crippen LogP contribution is -2.46. The highest BCUT2D eigenvalue weighted by molar-refractivity contribution is 6.31. The molecule has 2 heterocycles. The number of carbonyl (C=O) groups is 1. The van der Waals surface area contributed by atoms with E-state index in [9.17, 15) is 9.59 Å². The summed E-state index contributed by atoms with van der Waals surface area (Å²) >= 11 is 6.21. The summed E-state index contributed by atoms with van der Waals surface area (Å²) in [6, 6.07) is 12.7. The van der Waals surface area contributed by atoms with Gasteiger partial charge >= 0.3 is 0 Å². The number of hydrogen-bond donors (Lipinski definition) is 1. The van der Waals surface area contributed by atoms with Crippen LogP contribution in [-0.4, -0.2) is 53.3 Å². The summed E-state index contributed by atoms with van der Waals surface area (Å²) in [6.45, 7) is 6.96. The Morgan fingerprint density at radius 2 is 1.90 bits per heavy atom. The van der Waals surface area contributed by atoms with Crippen molar-refractivity contribution in [3.05, 3.63) is 63.9 Å². The monoisotopic (exact) mass is 425 g/mol. The van der Waals surface area contributed by atoms with E-state index in [1.54, 1.807) is 24.3 Å². The van der Waals surface area contributed by atoms with Crippen LogP contribution in [0.2, 0.25) is 5.02 Å². The summed E-state index contributed by atoms with van der Waals surface area (Å²) in [5.74, 6) is -0.230. The van der Waals surface area contributed by atoms with Gasteiger partial charge in [0, 0.05) is 36.6 Å². The number of nitrogens with zero attached hydrogens (tertiary/aromatic N) is 4. The molecule has 8 heteroatoms. The Labute approximate surface area is 179 Å². The van der Waals surface area contributed by atoms with Crippen molar-refractivity contribution in [1.29, 1.82) is 0 Å². The summed E-state index contributed by atoms with van der Waals surface area (Å²) in [7, 11) is 0. The van der Waals surface area contributed by atoms with Crippen LogP contribution in [-0.2, 0) is 11.3 Å². The molecule has 0 atom stereocenters. The van der Waals surface area contributed by atoms with Crippen LogP contribution in [0.15, 0.2) is 53.5 Å². The van der Waals surface area contributed by atoms with Crippen molar-refractivity contribution in [3.8, 4) is 0 Å². The first kappa shape index (κ1) is 20.4. The molecule has 4 rings (SSSR count). The molecule has 0 aliphatic carbocycles. The third-order valence-electron chi connectivity index (χ3n) is 5.45. The third kappa shape index (κ3) is 4.32. The number of piperazine rings is 1. The third-order valence-corrected chi connectivity index (χ3v) is 5.68. The molecule has 1 aromatic heterocycles. The Balaban J connectivity index is 1.55. The van der Waals surface area contributed by atoms with Gasteiger partial charge in [-0.2, -0.15) is 5.10 Å². The fourth-order valence-corrected chi connectivity index (χ4v) is 3.97. The van der Waals surface area contributed by atoms with E-state index in [0.29, 0.717) is 21.6 Å². The molecule has 0 bridgehead atoms. The van der Waals surface area contributed by atoms with Gasteiger partial charge in [-0.1, -0.05) is 30.7 Å². The average molecular weight is 426 g/mol. The molecule has 0 saturated carbocycles. The summed E-state index contributed by atoms with van der Waals surface area (Å²) in [5, 5.41) is 8.22. The zero-order chi connectivity index (χ0) is 21.1. The second-order valence-corrected chi connectivity index (χ2v) is 7.75. The number of halogens is 1. The summed E-state index contributed by atoms with van der Waals surface area (Å²) < 4.78 is 1.54. The second kappa shape index (κ2) is 8.85. The topological polar surface area (TPSA) is 70.5 Å². The Hall–Kier alpha value is -2.90. The number of amides is 1. The van der Waals surface area contributed by atoms with E-state index in [-0.39, 0.29) is 17.9 Å². The first-order chi connectivity index (χ1) is 14.5. The van der Waals surface area contributed by atoms with Gasteiger partial charge in [0.25, 0.3) is 0 Å². The van der Waals surface area contributed by atoms with Gasteiger partial charge in [0.2, 0.25) is 11.3 Å². The van der Waals surface area contributed by atoms with Crippen molar-refractivity contribution in [2.75, 3.05) is 42.9 Å². The number of rotatable bonds is 5. The number of hydrogen-bond acceptors (Lipinski definition) is 5. The minimum atomic E-state index is -0.230. The van der Waals surface area contributed by atoms with E-state index < -0.39 is 0 Å². The maximum absolute atomic E-state index is 12.8. The van der Waals surface area contributed by atoms with E-state index in [2.05, 4.69) is 27.1 Å². The largest absolute Gasteiger partial charge is 0.367 e. The van der Waals surface area contributed by atoms with E-state index in [1.807, 2.05) is 18.2 Å². The zero-order valence-corrected chi connectivity index (χ0v) is 17.6. The van der Waals surface area contributed by atoms with Crippen LogP contribution < -0.4 is 15.6 Å². The summed E-state index contributed by atoms with van der Waals surface area (Å²) in [6.07, 6.45) is 1.24. The quantitative estimate of drug-likeness (QED) is 0.680. The van der Waals surface area contributed by atoms with Crippen LogP contribution in [0.25, 0.3) is 10.9 Å². The van der Waals surface area contributed by atoms with Gasteiger partial charge in [-0.25, -0.2) is 0 Å². The Bertz CT molecular complexity index is 1120. The Morgan fingerprint density at radius 3 is 2.67 bits per heavy atom. The highest BCUT2D eigenvalue weighted by Gasteiger charge is 2.19. The maximum atomic E-state index is 12.8. The molecule has 1 amide bonds. The van der Waals surface area contributed by atoms with Crippen LogP contribution in [0, 0.1) is 0 Å². The van der Waals surface area contributed by atoms with Crippen molar-refractivity contribution >= 4 is 39.8 Å². The molecule has 1 saturated heterocycles. The molecule has 30 heavy (non-hydrogen) atoms. The van der Waals surface area contributed by atoms with Crippen molar-refractivity contribution in [2.45, 2.75) is 13.5 Å². The van der Waals surface area contributed by atoms with Crippen molar-refractivity contribution in [3.63, 3.8) is 0 Å². The Kier molecular flexibility index (Phi) is 6.01. The second-order valence-electron chi connectivity index (χ2n) is 7.31. The molecular formula is C22H24ClN5O2. The summed E-state index contributed by atoms with van der Waals surface area (Å²) in [5.41, 5.74) is 2.11. The molecule has 0 radical (unpaired) electrons. The van der Waals surface area contributed by atoms with Gasteiger partial charge < -0.3 is 15.1 Å². The molecule has 0 spiro atoms. The standard InChI is InChI=1S/C22H24ClN5O2/c1-2-26-9-11-27(12-10-26)20-8-7-16(23)13-18(20)25-22(30)15-28-19-6-4-3-5-17(19)21(29)14-24-28/h3-8,13-14H,2,9-12,15H2,1H3,(H,25,30). The lowest BCUT2D eigenvalue weighted by atomic mass is 10.2. The van der Waals surface area contributed by atoms with Gasteiger partial charge in [0.05, 0.1) is 23.1 Å². The number of nitrogens with one attached hydrogen (secondary N) is 1. The van der Waals surface area contributed by atoms with E-state index in [4.69, 9.17) is 11.6 Å². The minimum Gasteiger partial charge on any atom is -0.367 e. The fraction of sp³-hybridized carbons (Fsp3) is 0.318. The van der Waals surface area contributed by atoms with Crippen LogP contribution in [0.4, 0.5) is 11.4 Å². The van der Waals surface area contributed by atoms with Crippen LogP contribution in [0.3, 0.4) is 0 Å². The van der Waals surface area contributed by atoms with Gasteiger partial charge in [-0.05, 0) is 36.9 Å². The van der Waals surface area contributed by atoms with Crippen molar-refractivity contribution in [1.82, 2.24) is 14.7 Å². The highest BCUT2D eigenvalue weighted by atomic mass is 35.5. The zero-order valence-electron chi connectivity index (χ0n) is 16.8. The molecule has 1 aliphatic rings. The molecule has 7 nitrogen and oxygen atoms in total. The normalized spacial score (nSPS) is 14.8. The average Bonchev–Trinajstić information content (AvgIpc) is 2.76. The number of para-hydroxylation sites is 1. The number of fused-ring (bicyclic) bond motifs is 1. The number of carbonyl (C=O) groups excluding carboxylic acids is 1. The summed E-state index contributed by atoms with van der Waals surface area (Å²) in [4.78, 5) is 29.5. The molecular weight excluding hydrogens is 402 g/mol. The van der Waals surface area contributed by atoms with Gasteiger partial charge in [-0.15, -0.1) is 0 Å². The van der Waals surface area contributed by atoms with Gasteiger partial charge in [-0.3, -0.25) is 14.3 Å². The van der Waals surface area contributed by atoms with Gasteiger partial charge in [0.15, 0.2) is 0 Å². The van der Waals surface area contributed by atoms with E-state index in [1.165, 1.54) is 10.9 Å². The number of benzene rings is 2.